The Morgan fingerprint density at radius 3 is 2.52 bits per heavy atom. The molecule has 25 heavy (non-hydrogen) atoms. The Kier molecular flexibility index (Phi) is 3.50. The zero-order valence-electron chi connectivity index (χ0n) is 12.9. The van der Waals surface area contributed by atoms with Crippen molar-refractivity contribution in [2.75, 3.05) is 0 Å². The van der Waals surface area contributed by atoms with Gasteiger partial charge in [-0.25, -0.2) is 4.39 Å². The minimum atomic E-state index is -0.412. The molecule has 9 heteroatoms. The highest BCUT2D eigenvalue weighted by Crippen LogP contribution is 2.30. The maximum atomic E-state index is 13.1. The van der Waals surface area contributed by atoms with Gasteiger partial charge in [-0.05, 0) is 43.3 Å². The van der Waals surface area contributed by atoms with Gasteiger partial charge >= 0.3 is 0 Å². The van der Waals surface area contributed by atoms with E-state index in [0.29, 0.717) is 26.9 Å². The Morgan fingerprint density at radius 2 is 1.84 bits per heavy atom. The van der Waals surface area contributed by atoms with E-state index in [1.165, 1.54) is 29.5 Å². The van der Waals surface area contributed by atoms with Crippen LogP contribution in [0.3, 0.4) is 0 Å². The van der Waals surface area contributed by atoms with Crippen LogP contribution in [0.2, 0.25) is 0 Å². The predicted octanol–water partition coefficient (Wildman–Crippen LogP) is 3.88. The summed E-state index contributed by atoms with van der Waals surface area (Å²) in [5.41, 5.74) is 2.10. The second kappa shape index (κ2) is 5.71. The average molecular weight is 355 g/mol. The maximum Gasteiger partial charge on any atom is 0.272 e. The molecule has 0 bridgehead atoms. The fourth-order valence-electron chi connectivity index (χ4n) is 2.51. The van der Waals surface area contributed by atoms with E-state index in [4.69, 9.17) is 0 Å². The summed E-state index contributed by atoms with van der Waals surface area (Å²) in [5.74, 6) is 0.181. The van der Waals surface area contributed by atoms with Crippen LogP contribution >= 0.6 is 11.3 Å². The van der Waals surface area contributed by atoms with E-state index in [1.807, 2.05) is 0 Å². The lowest BCUT2D eigenvalue weighted by Gasteiger charge is -2.00. The lowest BCUT2D eigenvalue weighted by Crippen LogP contribution is -1.93. The molecule has 0 N–H and O–H groups in total. The molecule has 0 radical (unpaired) electrons. The van der Waals surface area contributed by atoms with Gasteiger partial charge in [0.2, 0.25) is 4.96 Å². The molecule has 124 valence electrons. The van der Waals surface area contributed by atoms with Crippen LogP contribution in [0, 0.1) is 22.9 Å². The Bertz CT molecular complexity index is 1100. The molecule has 0 spiro atoms. The number of hydrogen-bond acceptors (Lipinski definition) is 6. The van der Waals surface area contributed by atoms with Gasteiger partial charge in [-0.15, -0.1) is 10.2 Å². The molecular weight excluding hydrogens is 345 g/mol. The summed E-state index contributed by atoms with van der Waals surface area (Å²) in [7, 11) is 0. The van der Waals surface area contributed by atoms with Gasteiger partial charge in [-0.2, -0.15) is 9.61 Å². The van der Waals surface area contributed by atoms with Crippen molar-refractivity contribution in [1.29, 1.82) is 0 Å². The Balaban J connectivity index is 1.79. The molecule has 0 aliphatic rings. The first-order valence-corrected chi connectivity index (χ1v) is 8.08. The fourth-order valence-corrected chi connectivity index (χ4v) is 3.34. The molecule has 0 fully saturated rings. The molecule has 0 atom stereocenters. The quantitative estimate of drug-likeness (QED) is 0.411. The standard InChI is InChI=1S/C16H10FN5O2S/c1-9-8-11(4-7-13(9)22(23)24)15-20-21-14(18-19-16(21)25-15)10-2-5-12(17)6-3-10/h2-8H,1H3. The van der Waals surface area contributed by atoms with E-state index < -0.39 is 4.92 Å². The van der Waals surface area contributed by atoms with Crippen molar-refractivity contribution in [3.05, 3.63) is 64.0 Å². The lowest BCUT2D eigenvalue weighted by atomic mass is 10.1. The van der Waals surface area contributed by atoms with Crippen LogP contribution in [0.25, 0.3) is 26.9 Å². The molecule has 2 aromatic heterocycles. The van der Waals surface area contributed by atoms with Crippen LogP contribution in [0.15, 0.2) is 42.5 Å². The van der Waals surface area contributed by atoms with Gasteiger partial charge in [0.1, 0.15) is 10.8 Å². The number of rotatable bonds is 3. The van der Waals surface area contributed by atoms with Crippen LogP contribution in [0.1, 0.15) is 5.56 Å². The van der Waals surface area contributed by atoms with E-state index in [-0.39, 0.29) is 11.5 Å². The number of hydrogen-bond donors (Lipinski definition) is 0. The highest BCUT2D eigenvalue weighted by Gasteiger charge is 2.17. The van der Waals surface area contributed by atoms with Gasteiger partial charge in [0.05, 0.1) is 4.92 Å². The number of benzene rings is 2. The smallest absolute Gasteiger partial charge is 0.258 e. The molecule has 0 unspecified atom stereocenters. The summed E-state index contributed by atoms with van der Waals surface area (Å²) in [4.78, 5) is 11.1. The highest BCUT2D eigenvalue weighted by atomic mass is 32.1. The minimum Gasteiger partial charge on any atom is -0.258 e. The summed E-state index contributed by atoms with van der Waals surface area (Å²) in [6, 6.07) is 10.8. The molecule has 7 nitrogen and oxygen atoms in total. The SMILES string of the molecule is Cc1cc(-c2nn3c(-c4ccc(F)cc4)nnc3s2)ccc1[N+](=O)[O-]. The first-order valence-electron chi connectivity index (χ1n) is 7.26. The third-order valence-electron chi connectivity index (χ3n) is 3.73. The van der Waals surface area contributed by atoms with Crippen LogP contribution in [0.5, 0.6) is 0 Å². The second-order valence-corrected chi connectivity index (χ2v) is 6.35. The zero-order chi connectivity index (χ0) is 17.6. The summed E-state index contributed by atoms with van der Waals surface area (Å²) in [6.45, 7) is 1.69. The summed E-state index contributed by atoms with van der Waals surface area (Å²) >= 11 is 1.33. The van der Waals surface area contributed by atoms with Crippen LogP contribution in [0.4, 0.5) is 10.1 Å². The number of fused-ring (bicyclic) bond motifs is 1. The molecule has 4 rings (SSSR count). The van der Waals surface area contributed by atoms with Gasteiger partial charge in [0.25, 0.3) is 5.69 Å². The number of nitro benzene ring substituents is 1. The molecule has 4 aromatic rings. The van der Waals surface area contributed by atoms with Crippen molar-refractivity contribution in [3.8, 4) is 22.0 Å². The number of aryl methyl sites for hydroxylation is 1. The van der Waals surface area contributed by atoms with Crippen LogP contribution < -0.4 is 0 Å². The molecule has 0 saturated carbocycles. The van der Waals surface area contributed by atoms with Crippen molar-refractivity contribution in [1.82, 2.24) is 19.8 Å². The second-order valence-electron chi connectivity index (χ2n) is 5.39. The highest BCUT2D eigenvalue weighted by molar-refractivity contribution is 7.19. The number of aromatic nitrogens is 4. The van der Waals surface area contributed by atoms with Gasteiger partial charge in [-0.1, -0.05) is 11.3 Å². The van der Waals surface area contributed by atoms with Gasteiger partial charge in [0, 0.05) is 22.8 Å². The summed E-state index contributed by atoms with van der Waals surface area (Å²) in [6.07, 6.45) is 0. The van der Waals surface area contributed by atoms with Crippen molar-refractivity contribution in [2.24, 2.45) is 0 Å². The van der Waals surface area contributed by atoms with Gasteiger partial charge < -0.3 is 0 Å². The van der Waals surface area contributed by atoms with E-state index in [2.05, 4.69) is 15.3 Å². The van der Waals surface area contributed by atoms with E-state index in [0.717, 1.165) is 5.56 Å². The summed E-state index contributed by atoms with van der Waals surface area (Å²) < 4.78 is 14.7. The van der Waals surface area contributed by atoms with Crippen LogP contribution in [-0.2, 0) is 0 Å². The molecule has 0 aliphatic carbocycles. The molecule has 2 heterocycles. The zero-order valence-corrected chi connectivity index (χ0v) is 13.7. The maximum absolute atomic E-state index is 13.1. The normalized spacial score (nSPS) is 11.1. The average Bonchev–Trinajstić information content (AvgIpc) is 3.16. The predicted molar refractivity (Wildman–Crippen MR) is 90.9 cm³/mol. The van der Waals surface area contributed by atoms with Gasteiger partial charge in [0.15, 0.2) is 5.82 Å². The molecule has 0 amide bonds. The molecule has 0 aliphatic heterocycles. The molecular formula is C16H10FN5O2S. The third-order valence-corrected chi connectivity index (χ3v) is 4.68. The third kappa shape index (κ3) is 2.64. The van der Waals surface area contributed by atoms with Crippen molar-refractivity contribution < 1.29 is 9.31 Å². The topological polar surface area (TPSA) is 86.2 Å². The van der Waals surface area contributed by atoms with Crippen molar-refractivity contribution in [3.63, 3.8) is 0 Å². The van der Waals surface area contributed by atoms with Crippen molar-refractivity contribution >= 4 is 22.0 Å². The number of nitrogens with zero attached hydrogens (tertiary/aromatic N) is 5. The monoisotopic (exact) mass is 355 g/mol. The summed E-state index contributed by atoms with van der Waals surface area (Å²) in [5, 5.41) is 24.3. The Labute approximate surface area is 144 Å². The van der Waals surface area contributed by atoms with E-state index in [9.17, 15) is 14.5 Å². The van der Waals surface area contributed by atoms with E-state index in [1.54, 1.807) is 35.7 Å². The van der Waals surface area contributed by atoms with Crippen molar-refractivity contribution in [2.45, 2.75) is 6.92 Å². The minimum absolute atomic E-state index is 0.0683. The number of nitro groups is 1. The van der Waals surface area contributed by atoms with E-state index >= 15 is 0 Å². The molecule has 2 aromatic carbocycles. The van der Waals surface area contributed by atoms with Crippen LogP contribution in [-0.4, -0.2) is 24.7 Å². The first-order chi connectivity index (χ1) is 12.0. The number of halogens is 1. The fraction of sp³-hybridized carbons (Fsp3) is 0.0625. The lowest BCUT2D eigenvalue weighted by molar-refractivity contribution is -0.385. The Morgan fingerprint density at radius 1 is 1.12 bits per heavy atom. The van der Waals surface area contributed by atoms with Gasteiger partial charge in [-0.3, -0.25) is 10.1 Å². The first kappa shape index (κ1) is 15.3. The Hall–Kier alpha value is -3.20. The molecule has 0 saturated heterocycles. The largest absolute Gasteiger partial charge is 0.272 e.